The molecule has 1 aliphatic rings. The molecule has 2 atom stereocenters. The fourth-order valence-electron chi connectivity index (χ4n) is 3.07. The summed E-state index contributed by atoms with van der Waals surface area (Å²) < 4.78 is 14.4. The summed E-state index contributed by atoms with van der Waals surface area (Å²) in [5, 5.41) is 14.5. The van der Waals surface area contributed by atoms with E-state index in [4.69, 9.17) is 0 Å². The SMILES string of the molecule is CCC(C(=O)[O-])c1nc2cc(N3CCNC(C)C3)c(F)cc2[nH]1. The predicted octanol–water partition coefficient (Wildman–Crippen LogP) is 0.744. The molecule has 0 amide bonds. The Balaban J connectivity index is 1.99. The molecule has 2 heterocycles. The lowest BCUT2D eigenvalue weighted by Crippen LogP contribution is -2.49. The highest BCUT2D eigenvalue weighted by Gasteiger charge is 2.21. The lowest BCUT2D eigenvalue weighted by molar-refractivity contribution is -0.308. The lowest BCUT2D eigenvalue weighted by Gasteiger charge is -2.33. The number of imidazole rings is 1. The van der Waals surface area contributed by atoms with Crippen LogP contribution in [0, 0.1) is 5.82 Å². The minimum Gasteiger partial charge on any atom is -0.549 e. The van der Waals surface area contributed by atoms with Gasteiger partial charge in [-0.1, -0.05) is 6.92 Å². The predicted molar refractivity (Wildman–Crippen MR) is 83.8 cm³/mol. The van der Waals surface area contributed by atoms with E-state index in [-0.39, 0.29) is 11.9 Å². The number of aliphatic carboxylic acids is 1. The highest BCUT2D eigenvalue weighted by Crippen LogP contribution is 2.27. The smallest absolute Gasteiger partial charge is 0.148 e. The van der Waals surface area contributed by atoms with Gasteiger partial charge in [-0.25, -0.2) is 9.37 Å². The molecule has 2 N–H and O–H groups in total. The van der Waals surface area contributed by atoms with Crippen LogP contribution in [0.5, 0.6) is 0 Å². The molecule has 0 bridgehead atoms. The van der Waals surface area contributed by atoms with Crippen LogP contribution in [0.25, 0.3) is 11.0 Å². The van der Waals surface area contributed by atoms with Crippen molar-refractivity contribution in [3.63, 3.8) is 0 Å². The maximum Gasteiger partial charge on any atom is 0.148 e. The van der Waals surface area contributed by atoms with Gasteiger partial charge in [0.25, 0.3) is 0 Å². The van der Waals surface area contributed by atoms with E-state index in [0.717, 1.165) is 19.6 Å². The molecule has 2 aromatic rings. The second-order valence-corrected chi connectivity index (χ2v) is 6.02. The van der Waals surface area contributed by atoms with Crippen molar-refractivity contribution in [3.8, 4) is 0 Å². The fraction of sp³-hybridized carbons (Fsp3) is 0.500. The van der Waals surface area contributed by atoms with Crippen LogP contribution in [0.15, 0.2) is 12.1 Å². The molecule has 2 unspecified atom stereocenters. The van der Waals surface area contributed by atoms with Crippen molar-refractivity contribution in [1.82, 2.24) is 15.3 Å². The first kappa shape index (κ1) is 15.7. The number of carboxylic acid groups (broad SMARTS) is 1. The third-order valence-electron chi connectivity index (χ3n) is 4.30. The summed E-state index contributed by atoms with van der Waals surface area (Å²) in [5.41, 5.74) is 1.58. The number of aromatic nitrogens is 2. The summed E-state index contributed by atoms with van der Waals surface area (Å²) in [6.07, 6.45) is 0.368. The molecular weight excluding hydrogens is 299 g/mol. The molecule has 3 rings (SSSR count). The molecule has 0 aliphatic carbocycles. The van der Waals surface area contributed by atoms with E-state index >= 15 is 0 Å². The number of anilines is 1. The van der Waals surface area contributed by atoms with Gasteiger partial charge in [-0.3, -0.25) is 0 Å². The number of piperazine rings is 1. The Labute approximate surface area is 133 Å². The van der Waals surface area contributed by atoms with Gasteiger partial charge in [0.1, 0.15) is 11.6 Å². The van der Waals surface area contributed by atoms with E-state index in [1.54, 1.807) is 13.0 Å². The molecule has 1 aromatic carbocycles. The van der Waals surface area contributed by atoms with E-state index in [2.05, 4.69) is 22.2 Å². The third kappa shape index (κ3) is 3.01. The molecule has 124 valence electrons. The maximum absolute atomic E-state index is 14.4. The Hall–Kier alpha value is -2.15. The van der Waals surface area contributed by atoms with Crippen molar-refractivity contribution in [2.24, 2.45) is 0 Å². The van der Waals surface area contributed by atoms with Crippen molar-refractivity contribution >= 4 is 22.7 Å². The number of fused-ring (bicyclic) bond motifs is 1. The Morgan fingerprint density at radius 1 is 1.57 bits per heavy atom. The zero-order valence-electron chi connectivity index (χ0n) is 13.2. The van der Waals surface area contributed by atoms with Crippen molar-refractivity contribution in [2.75, 3.05) is 24.5 Å². The van der Waals surface area contributed by atoms with Gasteiger partial charge in [-0.2, -0.15) is 0 Å². The van der Waals surface area contributed by atoms with Crippen molar-refractivity contribution in [3.05, 3.63) is 23.8 Å². The summed E-state index contributed by atoms with van der Waals surface area (Å²) in [7, 11) is 0. The molecule has 23 heavy (non-hydrogen) atoms. The Kier molecular flexibility index (Phi) is 4.21. The highest BCUT2D eigenvalue weighted by atomic mass is 19.1. The number of halogens is 1. The minimum absolute atomic E-state index is 0.288. The topological polar surface area (TPSA) is 84.1 Å². The largest absolute Gasteiger partial charge is 0.549 e. The first-order valence-corrected chi connectivity index (χ1v) is 7.88. The average Bonchev–Trinajstić information content (AvgIpc) is 2.88. The van der Waals surface area contributed by atoms with Crippen LogP contribution >= 0.6 is 0 Å². The molecule has 0 radical (unpaired) electrons. The maximum atomic E-state index is 14.4. The molecule has 1 saturated heterocycles. The van der Waals surface area contributed by atoms with Gasteiger partial charge < -0.3 is 25.1 Å². The summed E-state index contributed by atoms with van der Waals surface area (Å²) in [5.74, 6) is -2.01. The first-order chi connectivity index (χ1) is 11.0. The van der Waals surface area contributed by atoms with Gasteiger partial charge in [0.15, 0.2) is 0 Å². The third-order valence-corrected chi connectivity index (χ3v) is 4.30. The Morgan fingerprint density at radius 2 is 2.35 bits per heavy atom. The molecule has 6 nitrogen and oxygen atoms in total. The molecule has 1 aromatic heterocycles. The zero-order chi connectivity index (χ0) is 16.6. The quantitative estimate of drug-likeness (QED) is 0.868. The van der Waals surface area contributed by atoms with Gasteiger partial charge in [0, 0.05) is 31.7 Å². The summed E-state index contributed by atoms with van der Waals surface area (Å²) >= 11 is 0. The highest BCUT2D eigenvalue weighted by molar-refractivity contribution is 5.82. The van der Waals surface area contributed by atoms with Crippen LogP contribution < -0.4 is 15.3 Å². The lowest BCUT2D eigenvalue weighted by atomic mass is 10.1. The molecule has 1 fully saturated rings. The monoisotopic (exact) mass is 319 g/mol. The van der Waals surface area contributed by atoms with Crippen LogP contribution in [0.2, 0.25) is 0 Å². The standard InChI is InChI=1S/C16H21FN4O2/c1-3-10(16(22)23)15-19-12-6-11(17)14(7-13(12)20-15)21-5-4-18-9(2)8-21/h6-7,9-10,18H,3-5,8H2,1-2H3,(H,19,20)(H,22,23)/p-1. The number of carboxylic acids is 1. The number of hydrogen-bond donors (Lipinski definition) is 2. The second kappa shape index (κ2) is 6.16. The number of hydrogen-bond acceptors (Lipinski definition) is 5. The van der Waals surface area contributed by atoms with Crippen molar-refractivity contribution in [2.45, 2.75) is 32.2 Å². The number of carbonyl (C=O) groups is 1. The van der Waals surface area contributed by atoms with E-state index in [9.17, 15) is 14.3 Å². The molecule has 1 aliphatic heterocycles. The van der Waals surface area contributed by atoms with Crippen molar-refractivity contribution < 1.29 is 14.3 Å². The first-order valence-electron chi connectivity index (χ1n) is 7.88. The minimum atomic E-state index is -1.18. The molecule has 0 spiro atoms. The number of aromatic amines is 1. The van der Waals surface area contributed by atoms with Crippen LogP contribution in [0.4, 0.5) is 10.1 Å². The summed E-state index contributed by atoms with van der Waals surface area (Å²) in [6, 6.07) is 3.36. The number of nitrogens with zero attached hydrogens (tertiary/aromatic N) is 2. The Bertz CT molecular complexity index is 730. The van der Waals surface area contributed by atoms with Gasteiger partial charge >= 0.3 is 0 Å². The van der Waals surface area contributed by atoms with Gasteiger partial charge in [0.05, 0.1) is 28.6 Å². The summed E-state index contributed by atoms with van der Waals surface area (Å²) in [4.78, 5) is 20.4. The Morgan fingerprint density at radius 3 is 3.00 bits per heavy atom. The molecule has 7 heteroatoms. The van der Waals surface area contributed by atoms with Gasteiger partial charge in [0.2, 0.25) is 0 Å². The number of benzene rings is 1. The van der Waals surface area contributed by atoms with E-state index < -0.39 is 11.9 Å². The van der Waals surface area contributed by atoms with E-state index in [1.807, 2.05) is 4.90 Å². The zero-order valence-corrected chi connectivity index (χ0v) is 13.2. The number of rotatable bonds is 4. The van der Waals surface area contributed by atoms with Crippen LogP contribution in [-0.4, -0.2) is 41.6 Å². The van der Waals surface area contributed by atoms with Crippen LogP contribution in [0.1, 0.15) is 32.0 Å². The van der Waals surface area contributed by atoms with E-state index in [1.165, 1.54) is 6.07 Å². The number of nitrogens with one attached hydrogen (secondary N) is 2. The van der Waals surface area contributed by atoms with Crippen LogP contribution in [0.3, 0.4) is 0 Å². The van der Waals surface area contributed by atoms with Gasteiger partial charge in [-0.15, -0.1) is 0 Å². The summed E-state index contributed by atoms with van der Waals surface area (Å²) in [6.45, 7) is 6.05. The molecule has 0 saturated carbocycles. The molecular formula is C16H20FN4O2-. The normalized spacial score (nSPS) is 20.0. The van der Waals surface area contributed by atoms with Gasteiger partial charge in [-0.05, 0) is 19.4 Å². The fourth-order valence-corrected chi connectivity index (χ4v) is 3.07. The second-order valence-electron chi connectivity index (χ2n) is 6.02. The number of carbonyl (C=O) groups excluding carboxylic acids is 1. The van der Waals surface area contributed by atoms with E-state index in [0.29, 0.717) is 29.0 Å². The van der Waals surface area contributed by atoms with Crippen LogP contribution in [-0.2, 0) is 4.79 Å². The average molecular weight is 319 g/mol. The number of H-pyrrole nitrogens is 1. The van der Waals surface area contributed by atoms with Crippen molar-refractivity contribution in [1.29, 1.82) is 0 Å².